The molecule has 5 heteroatoms. The molecule has 0 unspecified atom stereocenters. The van der Waals surface area contributed by atoms with Crippen molar-refractivity contribution in [3.8, 4) is 0 Å². The number of hydrogen-bond donors (Lipinski definition) is 3. The molecule has 0 radical (unpaired) electrons. The number of thiocarbonyl (C=S) groups is 1. The van der Waals surface area contributed by atoms with E-state index in [4.69, 9.17) is 12.2 Å². The lowest BCUT2D eigenvalue weighted by Crippen LogP contribution is -2.28. The van der Waals surface area contributed by atoms with Crippen LogP contribution in [-0.2, 0) is 6.54 Å². The van der Waals surface area contributed by atoms with Gasteiger partial charge in [0.1, 0.15) is 0 Å². The Bertz CT molecular complexity index is 686. The van der Waals surface area contributed by atoms with Crippen molar-refractivity contribution in [2.75, 3.05) is 11.9 Å². The summed E-state index contributed by atoms with van der Waals surface area (Å²) in [4.78, 5) is 12.2. The summed E-state index contributed by atoms with van der Waals surface area (Å²) in [6.07, 6.45) is 1.72. The molecule has 0 aromatic heterocycles. The van der Waals surface area contributed by atoms with Crippen LogP contribution in [0.2, 0.25) is 0 Å². The molecule has 2 aromatic carbocycles. The van der Waals surface area contributed by atoms with Crippen molar-refractivity contribution in [1.29, 1.82) is 0 Å². The first kappa shape index (κ1) is 16.7. The fraction of sp³-hybridized carbons (Fsp3) is 0.111. The van der Waals surface area contributed by atoms with Crippen LogP contribution in [0.25, 0.3) is 0 Å². The molecule has 0 saturated heterocycles. The maximum Gasteiger partial charge on any atom is 0.251 e. The summed E-state index contributed by atoms with van der Waals surface area (Å²) in [5, 5.41) is 9.41. The van der Waals surface area contributed by atoms with E-state index in [1.165, 1.54) is 0 Å². The Balaban J connectivity index is 1.94. The fourth-order valence-electron chi connectivity index (χ4n) is 1.96. The third-order valence-corrected chi connectivity index (χ3v) is 3.33. The summed E-state index contributed by atoms with van der Waals surface area (Å²) < 4.78 is 0. The summed E-state index contributed by atoms with van der Waals surface area (Å²) >= 11 is 5.15. The van der Waals surface area contributed by atoms with Gasteiger partial charge in [0.05, 0.1) is 0 Å². The van der Waals surface area contributed by atoms with Crippen molar-refractivity contribution >= 4 is 28.9 Å². The summed E-state index contributed by atoms with van der Waals surface area (Å²) in [5.41, 5.74) is 2.40. The van der Waals surface area contributed by atoms with Gasteiger partial charge in [-0.05, 0) is 36.0 Å². The van der Waals surface area contributed by atoms with Crippen LogP contribution in [0.3, 0.4) is 0 Å². The zero-order valence-corrected chi connectivity index (χ0v) is 13.5. The maximum absolute atomic E-state index is 12.2. The van der Waals surface area contributed by atoms with E-state index in [1.807, 2.05) is 42.5 Å². The predicted octanol–water partition coefficient (Wildman–Crippen LogP) is 3.09. The monoisotopic (exact) mass is 325 g/mol. The lowest BCUT2D eigenvalue weighted by atomic mass is 10.1. The number of carbonyl (C=O) groups is 1. The van der Waals surface area contributed by atoms with Crippen molar-refractivity contribution in [3.63, 3.8) is 0 Å². The van der Waals surface area contributed by atoms with Crippen LogP contribution in [0, 0.1) is 0 Å². The van der Waals surface area contributed by atoms with Crippen LogP contribution >= 0.6 is 12.2 Å². The molecular formula is C18H19N3OS. The topological polar surface area (TPSA) is 53.2 Å². The van der Waals surface area contributed by atoms with Gasteiger partial charge in [0, 0.05) is 24.3 Å². The number of hydrogen-bond acceptors (Lipinski definition) is 2. The van der Waals surface area contributed by atoms with E-state index in [0.29, 0.717) is 23.8 Å². The van der Waals surface area contributed by atoms with Crippen molar-refractivity contribution in [1.82, 2.24) is 10.6 Å². The molecule has 4 nitrogen and oxygen atoms in total. The van der Waals surface area contributed by atoms with E-state index in [9.17, 15) is 4.79 Å². The zero-order chi connectivity index (χ0) is 16.5. The van der Waals surface area contributed by atoms with Gasteiger partial charge in [-0.15, -0.1) is 6.58 Å². The third kappa shape index (κ3) is 5.56. The van der Waals surface area contributed by atoms with E-state index < -0.39 is 0 Å². The van der Waals surface area contributed by atoms with Crippen molar-refractivity contribution in [2.24, 2.45) is 0 Å². The molecule has 0 saturated carbocycles. The van der Waals surface area contributed by atoms with Crippen LogP contribution in [0.4, 0.5) is 5.69 Å². The molecule has 0 aliphatic rings. The second-order valence-electron chi connectivity index (χ2n) is 4.87. The van der Waals surface area contributed by atoms with Crippen LogP contribution in [0.5, 0.6) is 0 Å². The van der Waals surface area contributed by atoms with Gasteiger partial charge in [-0.2, -0.15) is 0 Å². The highest BCUT2D eigenvalue weighted by Crippen LogP contribution is 2.11. The van der Waals surface area contributed by atoms with Gasteiger partial charge < -0.3 is 16.0 Å². The second kappa shape index (κ2) is 8.70. The number of rotatable bonds is 6. The van der Waals surface area contributed by atoms with E-state index in [1.54, 1.807) is 18.2 Å². The van der Waals surface area contributed by atoms with Crippen molar-refractivity contribution in [2.45, 2.75) is 6.54 Å². The van der Waals surface area contributed by atoms with Crippen LogP contribution in [0.15, 0.2) is 67.3 Å². The normalized spacial score (nSPS) is 9.74. The van der Waals surface area contributed by atoms with Gasteiger partial charge in [0.25, 0.3) is 5.91 Å². The molecular weight excluding hydrogens is 306 g/mol. The van der Waals surface area contributed by atoms with E-state index in [-0.39, 0.29) is 5.91 Å². The molecule has 0 aliphatic carbocycles. The molecule has 1 amide bonds. The van der Waals surface area contributed by atoms with Crippen molar-refractivity contribution in [3.05, 3.63) is 78.4 Å². The first-order chi connectivity index (χ1) is 11.2. The summed E-state index contributed by atoms with van der Waals surface area (Å²) in [6, 6.07) is 17.0. The smallest absolute Gasteiger partial charge is 0.251 e. The predicted molar refractivity (Wildman–Crippen MR) is 98.5 cm³/mol. The van der Waals surface area contributed by atoms with E-state index in [2.05, 4.69) is 22.5 Å². The Hall–Kier alpha value is -2.66. The second-order valence-corrected chi connectivity index (χ2v) is 5.28. The fourth-order valence-corrected chi connectivity index (χ4v) is 2.16. The Kier molecular flexibility index (Phi) is 6.32. The number of anilines is 1. The lowest BCUT2D eigenvalue weighted by molar-refractivity contribution is 0.0951. The average Bonchev–Trinajstić information content (AvgIpc) is 2.59. The molecule has 0 fully saturated rings. The minimum absolute atomic E-state index is 0.123. The van der Waals surface area contributed by atoms with Crippen LogP contribution < -0.4 is 16.0 Å². The molecule has 118 valence electrons. The molecule has 0 heterocycles. The largest absolute Gasteiger partial charge is 0.359 e. The Labute approximate surface area is 141 Å². The minimum atomic E-state index is -0.123. The quantitative estimate of drug-likeness (QED) is 0.564. The standard InChI is InChI=1S/C18H19N3OS/c1-2-11-19-18(23)21-16-10-6-9-15(12-16)17(22)20-13-14-7-4-3-5-8-14/h2-10,12H,1,11,13H2,(H,20,22)(H2,19,21,23). The van der Waals surface area contributed by atoms with Gasteiger partial charge in [-0.1, -0.05) is 42.5 Å². The van der Waals surface area contributed by atoms with Gasteiger partial charge >= 0.3 is 0 Å². The molecule has 0 aliphatic heterocycles. The molecule has 23 heavy (non-hydrogen) atoms. The lowest BCUT2D eigenvalue weighted by Gasteiger charge is -2.10. The van der Waals surface area contributed by atoms with Crippen molar-refractivity contribution < 1.29 is 4.79 Å². The van der Waals surface area contributed by atoms with E-state index >= 15 is 0 Å². The van der Waals surface area contributed by atoms with Crippen LogP contribution in [-0.4, -0.2) is 17.6 Å². The van der Waals surface area contributed by atoms with E-state index in [0.717, 1.165) is 11.3 Å². The number of amides is 1. The Morgan fingerprint density at radius 3 is 2.61 bits per heavy atom. The highest BCUT2D eigenvalue weighted by Gasteiger charge is 2.06. The molecule has 2 rings (SSSR count). The first-order valence-corrected chi connectivity index (χ1v) is 7.68. The summed E-state index contributed by atoms with van der Waals surface area (Å²) in [6.45, 7) is 4.70. The summed E-state index contributed by atoms with van der Waals surface area (Å²) in [7, 11) is 0. The third-order valence-electron chi connectivity index (χ3n) is 3.09. The maximum atomic E-state index is 12.2. The zero-order valence-electron chi connectivity index (χ0n) is 12.7. The molecule has 0 bridgehead atoms. The number of nitrogens with one attached hydrogen (secondary N) is 3. The van der Waals surface area contributed by atoms with Crippen LogP contribution in [0.1, 0.15) is 15.9 Å². The molecule has 2 aromatic rings. The summed E-state index contributed by atoms with van der Waals surface area (Å²) in [5.74, 6) is -0.123. The van der Waals surface area contributed by atoms with Gasteiger partial charge in [0.15, 0.2) is 5.11 Å². The Morgan fingerprint density at radius 1 is 1.09 bits per heavy atom. The number of carbonyl (C=O) groups excluding carboxylic acids is 1. The molecule has 3 N–H and O–H groups in total. The van der Waals surface area contributed by atoms with Gasteiger partial charge in [-0.25, -0.2) is 0 Å². The SMILES string of the molecule is C=CCNC(=S)Nc1cccc(C(=O)NCc2ccccc2)c1. The molecule has 0 spiro atoms. The van der Waals surface area contributed by atoms with Gasteiger partial charge in [0.2, 0.25) is 0 Å². The molecule has 0 atom stereocenters. The average molecular weight is 325 g/mol. The minimum Gasteiger partial charge on any atom is -0.359 e. The Morgan fingerprint density at radius 2 is 1.87 bits per heavy atom. The highest BCUT2D eigenvalue weighted by molar-refractivity contribution is 7.80. The first-order valence-electron chi connectivity index (χ1n) is 7.27. The van der Waals surface area contributed by atoms with Gasteiger partial charge in [-0.3, -0.25) is 4.79 Å². The number of benzene rings is 2. The highest BCUT2D eigenvalue weighted by atomic mass is 32.1.